The number of nitrogens with one attached hydrogen (secondary N) is 3. The molecule has 1 aliphatic heterocycles. The Hall–Kier alpha value is -4.20. The molecule has 22 nitrogen and oxygen atoms in total. The molecule has 1 fully saturated rings. The number of carboxylic acid groups (broad SMARTS) is 2. The molecule has 0 aliphatic carbocycles. The summed E-state index contributed by atoms with van der Waals surface area (Å²) in [6.07, 6.45) is -6.49. The topological polar surface area (TPSA) is 362 Å². The van der Waals surface area contributed by atoms with Crippen LogP contribution in [0.1, 0.15) is 25.0 Å². The van der Waals surface area contributed by atoms with Gasteiger partial charge in [-0.25, -0.2) is 13.9 Å². The van der Waals surface area contributed by atoms with Crippen LogP contribution in [0.2, 0.25) is 0 Å². The molecule has 0 saturated carbocycles. The van der Waals surface area contributed by atoms with Crippen molar-refractivity contribution in [3.8, 4) is 0 Å². The third-order valence-electron chi connectivity index (χ3n) is 6.92. The summed E-state index contributed by atoms with van der Waals surface area (Å²) in [4.78, 5) is 64.3. The number of alkyl halides is 1. The van der Waals surface area contributed by atoms with Gasteiger partial charge >= 0.3 is 11.9 Å². The Bertz CT molecular complexity index is 1320. The van der Waals surface area contributed by atoms with Gasteiger partial charge in [0, 0.05) is 24.2 Å². The first-order valence-electron chi connectivity index (χ1n) is 15.1. The summed E-state index contributed by atoms with van der Waals surface area (Å²) in [6.45, 7) is -1.53. The maximum absolute atomic E-state index is 13.0. The van der Waals surface area contributed by atoms with Crippen LogP contribution in [-0.2, 0) is 45.7 Å². The summed E-state index contributed by atoms with van der Waals surface area (Å²) >= 11 is 1.04. The summed E-state index contributed by atoms with van der Waals surface area (Å²) in [5.41, 5.74) is 16.6. The van der Waals surface area contributed by atoms with Gasteiger partial charge in [-0.1, -0.05) is 5.21 Å². The van der Waals surface area contributed by atoms with Crippen LogP contribution in [0.5, 0.6) is 0 Å². The number of guanidine groups is 1. The van der Waals surface area contributed by atoms with Crippen LogP contribution in [-0.4, -0.2) is 157 Å². The predicted octanol–water partition coefficient (Wildman–Crippen LogP) is -5.67. The zero-order chi connectivity index (χ0) is 37.4. The van der Waals surface area contributed by atoms with E-state index in [1.165, 1.54) is 10.9 Å². The number of carbonyl (C=O) groups excluding carboxylic acids is 3. The second-order valence-electron chi connectivity index (χ2n) is 10.9. The highest BCUT2D eigenvalue weighted by Crippen LogP contribution is 2.22. The Balaban J connectivity index is 1.82. The van der Waals surface area contributed by atoms with E-state index in [0.29, 0.717) is 12.1 Å². The van der Waals surface area contributed by atoms with E-state index in [-0.39, 0.29) is 43.6 Å². The Morgan fingerprint density at radius 2 is 1.80 bits per heavy atom. The fourth-order valence-electron chi connectivity index (χ4n) is 4.26. The molecule has 24 heteroatoms. The first kappa shape index (κ1) is 42.0. The third kappa shape index (κ3) is 14.3. The van der Waals surface area contributed by atoms with Crippen LogP contribution in [0.15, 0.2) is 11.2 Å². The molecular formula is C26H43FN10O12S. The molecule has 50 heavy (non-hydrogen) atoms. The first-order valence-corrected chi connectivity index (χ1v) is 16.2. The Morgan fingerprint density at radius 1 is 1.08 bits per heavy atom. The van der Waals surface area contributed by atoms with Crippen molar-refractivity contribution in [1.29, 1.82) is 0 Å². The largest absolute Gasteiger partial charge is 0.481 e. The average molecular weight is 739 g/mol. The van der Waals surface area contributed by atoms with Crippen LogP contribution in [0.3, 0.4) is 0 Å². The standard InChI is InChI=1S/C26H43FN10O12S/c27-7-16-19(41)20(42)21(43)25(49-16)48-5-4-37-9-12(35-36-37)10-50-11-15(24(46)47)34-23(45)14(6-18(39)40)33-17(38)8-32-22(44)13(28)2-1-3-31-26(29)30/h9,13-16,19-21,25,41-43H,1-8,10-11,28H2,(H,32,44)(H,33,38)(H,34,45)(H,39,40)(H,46,47)(H4,29,30,31)/t13-,14-,15-,16+,19+,20-,21+,25-/m0/s1. The van der Waals surface area contributed by atoms with E-state index in [4.69, 9.17) is 26.7 Å². The summed E-state index contributed by atoms with van der Waals surface area (Å²) < 4.78 is 24.9. The van der Waals surface area contributed by atoms with Crippen LogP contribution < -0.4 is 33.2 Å². The highest BCUT2D eigenvalue weighted by atomic mass is 32.2. The molecule has 0 aromatic carbocycles. The van der Waals surface area contributed by atoms with Crippen molar-refractivity contribution >= 4 is 47.4 Å². The number of nitrogens with two attached hydrogens (primary N) is 3. The Labute approximate surface area is 288 Å². The molecule has 0 spiro atoms. The number of rotatable bonds is 22. The monoisotopic (exact) mass is 738 g/mol. The van der Waals surface area contributed by atoms with Gasteiger partial charge < -0.3 is 68.2 Å². The van der Waals surface area contributed by atoms with Crippen LogP contribution in [0.25, 0.3) is 0 Å². The van der Waals surface area contributed by atoms with E-state index in [1.54, 1.807) is 0 Å². The predicted molar refractivity (Wildman–Crippen MR) is 169 cm³/mol. The van der Waals surface area contributed by atoms with Gasteiger partial charge in [-0.2, -0.15) is 11.8 Å². The maximum Gasteiger partial charge on any atom is 0.327 e. The van der Waals surface area contributed by atoms with Crippen LogP contribution in [0, 0.1) is 0 Å². The minimum Gasteiger partial charge on any atom is -0.481 e. The number of carbonyl (C=O) groups is 5. The van der Waals surface area contributed by atoms with E-state index in [9.17, 15) is 53.9 Å². The lowest BCUT2D eigenvalue weighted by molar-refractivity contribution is -0.298. The number of ether oxygens (including phenoxy) is 2. The van der Waals surface area contributed by atoms with Crippen molar-refractivity contribution in [2.45, 2.75) is 80.4 Å². The minimum absolute atomic E-state index is 0.0882. The molecular weight excluding hydrogens is 695 g/mol. The smallest absolute Gasteiger partial charge is 0.327 e. The number of aliphatic hydroxyl groups excluding tert-OH is 3. The van der Waals surface area contributed by atoms with Crippen molar-refractivity contribution in [3.05, 3.63) is 11.9 Å². The van der Waals surface area contributed by atoms with Gasteiger partial charge in [-0.3, -0.25) is 24.2 Å². The molecule has 0 radical (unpaired) electrons. The second-order valence-corrected chi connectivity index (χ2v) is 11.9. The molecule has 14 N–H and O–H groups in total. The molecule has 2 heterocycles. The van der Waals surface area contributed by atoms with Crippen LogP contribution in [0.4, 0.5) is 4.39 Å². The molecule has 0 unspecified atom stereocenters. The lowest BCUT2D eigenvalue weighted by Crippen LogP contribution is -2.58. The van der Waals surface area contributed by atoms with Gasteiger partial charge in [-0.05, 0) is 12.8 Å². The molecule has 1 saturated heterocycles. The number of nitrogens with zero attached hydrogens (tertiary/aromatic N) is 4. The minimum atomic E-state index is -1.67. The average Bonchev–Trinajstić information content (AvgIpc) is 3.51. The number of hydrogen-bond acceptors (Lipinski definition) is 15. The molecule has 8 atom stereocenters. The molecule has 282 valence electrons. The zero-order valence-electron chi connectivity index (χ0n) is 26.7. The van der Waals surface area contributed by atoms with Gasteiger partial charge in [0.2, 0.25) is 17.7 Å². The van der Waals surface area contributed by atoms with Gasteiger partial charge in [0.1, 0.15) is 43.2 Å². The highest BCUT2D eigenvalue weighted by Gasteiger charge is 2.44. The second kappa shape index (κ2) is 21.1. The van der Waals surface area contributed by atoms with Crippen molar-refractivity contribution in [1.82, 2.24) is 30.9 Å². The van der Waals surface area contributed by atoms with E-state index < -0.39 is 98.1 Å². The van der Waals surface area contributed by atoms with Crippen LogP contribution >= 0.6 is 11.8 Å². The molecule has 0 bridgehead atoms. The number of amides is 3. The summed E-state index contributed by atoms with van der Waals surface area (Å²) in [7, 11) is 0. The summed E-state index contributed by atoms with van der Waals surface area (Å²) in [6, 6.07) is -4.16. The molecule has 1 aliphatic rings. The zero-order valence-corrected chi connectivity index (χ0v) is 27.5. The first-order chi connectivity index (χ1) is 23.6. The van der Waals surface area contributed by atoms with Crippen molar-refractivity contribution < 1.29 is 63.4 Å². The van der Waals surface area contributed by atoms with E-state index in [0.717, 1.165) is 11.8 Å². The number of aliphatic carboxylic acids is 2. The lowest BCUT2D eigenvalue weighted by Gasteiger charge is -2.39. The quantitative estimate of drug-likeness (QED) is 0.0300. The van der Waals surface area contributed by atoms with Crippen molar-refractivity contribution in [2.75, 3.05) is 32.1 Å². The van der Waals surface area contributed by atoms with Gasteiger partial charge in [0.25, 0.3) is 0 Å². The Morgan fingerprint density at radius 3 is 2.44 bits per heavy atom. The van der Waals surface area contributed by atoms with E-state index in [1.807, 2.05) is 0 Å². The van der Waals surface area contributed by atoms with E-state index >= 15 is 0 Å². The fraction of sp³-hybridized carbons (Fsp3) is 0.692. The van der Waals surface area contributed by atoms with Gasteiger partial charge in [0.05, 0.1) is 37.9 Å². The third-order valence-corrected chi connectivity index (χ3v) is 7.99. The molecule has 2 rings (SSSR count). The number of aromatic nitrogens is 3. The van der Waals surface area contributed by atoms with Crippen molar-refractivity contribution in [2.24, 2.45) is 22.2 Å². The van der Waals surface area contributed by atoms with Gasteiger partial charge in [0.15, 0.2) is 12.2 Å². The maximum atomic E-state index is 13.0. The van der Waals surface area contributed by atoms with Gasteiger partial charge in [-0.15, -0.1) is 5.10 Å². The molecule has 1 aromatic heterocycles. The number of aliphatic hydroxyl groups is 3. The highest BCUT2D eigenvalue weighted by molar-refractivity contribution is 7.98. The number of aliphatic imine (C=N–C) groups is 1. The molecule has 1 aromatic rings. The summed E-state index contributed by atoms with van der Waals surface area (Å²) in [5, 5.41) is 62.9. The lowest BCUT2D eigenvalue weighted by atomic mass is 10.00. The van der Waals surface area contributed by atoms with E-state index in [2.05, 4.69) is 31.3 Å². The summed E-state index contributed by atoms with van der Waals surface area (Å²) in [5.74, 6) is -5.78. The normalized spacial score (nSPS) is 22.1. The number of hydrogen-bond donors (Lipinski definition) is 11. The number of halogens is 1. The van der Waals surface area contributed by atoms with Crippen molar-refractivity contribution in [3.63, 3.8) is 0 Å². The number of thioether (sulfide) groups is 1. The fourth-order valence-corrected chi connectivity index (χ4v) is 5.19. The Kier molecular flexibility index (Phi) is 17.7. The SMILES string of the molecule is NC(N)=NCCC[C@H](N)C(=O)NCC(=O)N[C@@H](CC(=O)O)C(=O)N[C@@H](CSCc1cn(CCO[C@H]2O[C@H](CF)[C@@H](O)[C@H](O)[C@H]2O)nn1)C(=O)O. The number of carboxylic acids is 2. The molecule has 3 amide bonds.